The molecule has 2 aliphatic heterocycles. The lowest BCUT2D eigenvalue weighted by molar-refractivity contribution is -0.137. The first-order chi connectivity index (χ1) is 21.7. The smallest absolute Gasteiger partial charge is 0.421 e. The quantitative estimate of drug-likeness (QED) is 0.324. The fourth-order valence-corrected chi connectivity index (χ4v) is 6.35. The molecule has 14 heteroatoms. The van der Waals surface area contributed by atoms with Crippen LogP contribution in [0.15, 0.2) is 48.7 Å². The van der Waals surface area contributed by atoms with Crippen molar-refractivity contribution < 1.29 is 36.3 Å². The number of carbonyl (C=O) groups excluding carboxylic acids is 2. The Morgan fingerprint density at radius 2 is 1.65 bits per heavy atom. The zero-order valence-corrected chi connectivity index (χ0v) is 26.3. The van der Waals surface area contributed by atoms with Gasteiger partial charge in [0.2, 0.25) is 5.91 Å². The molecule has 3 aromatic rings. The molecule has 1 N–H and O–H groups in total. The first kappa shape index (κ1) is 33.4. The highest BCUT2D eigenvalue weighted by atomic mass is 35.5. The van der Waals surface area contributed by atoms with E-state index in [1.807, 2.05) is 20.9 Å². The number of halogens is 6. The number of piperazine rings is 1. The molecule has 8 nitrogen and oxygen atoms in total. The Kier molecular flexibility index (Phi) is 9.46. The van der Waals surface area contributed by atoms with Gasteiger partial charge in [0.05, 0.1) is 18.7 Å². The Bertz CT molecular complexity index is 1590. The van der Waals surface area contributed by atoms with Crippen molar-refractivity contribution in [2.24, 2.45) is 5.92 Å². The van der Waals surface area contributed by atoms with Gasteiger partial charge in [-0.15, -0.1) is 0 Å². The number of ether oxygens (including phenoxy) is 1. The van der Waals surface area contributed by atoms with Crippen LogP contribution in [-0.2, 0) is 11.0 Å². The van der Waals surface area contributed by atoms with E-state index in [2.05, 4.69) is 15.2 Å². The molecule has 0 aliphatic carbocycles. The average molecular weight is 666 g/mol. The molecule has 2 aromatic carbocycles. The maximum Gasteiger partial charge on any atom is 0.421 e. The summed E-state index contributed by atoms with van der Waals surface area (Å²) in [5.41, 5.74) is -1.56. The predicted molar refractivity (Wildman–Crippen MR) is 163 cm³/mol. The topological polar surface area (TPSA) is 78.0 Å². The number of benzene rings is 2. The number of hydrogen-bond donors (Lipinski definition) is 1. The summed E-state index contributed by atoms with van der Waals surface area (Å²) in [5, 5.41) is 2.98. The van der Waals surface area contributed by atoms with E-state index in [-0.39, 0.29) is 29.1 Å². The molecular weight excluding hydrogens is 633 g/mol. The van der Waals surface area contributed by atoms with Crippen molar-refractivity contribution in [3.05, 3.63) is 82.0 Å². The van der Waals surface area contributed by atoms with Crippen molar-refractivity contribution in [2.75, 3.05) is 50.1 Å². The summed E-state index contributed by atoms with van der Waals surface area (Å²) in [4.78, 5) is 35.4. The van der Waals surface area contributed by atoms with Crippen LogP contribution < -0.4 is 19.9 Å². The largest absolute Gasteiger partial charge is 0.497 e. The van der Waals surface area contributed by atoms with Crippen molar-refractivity contribution in [3.8, 4) is 5.75 Å². The molecule has 0 bridgehead atoms. The Balaban J connectivity index is 1.56. The normalized spacial score (nSPS) is 22.3. The summed E-state index contributed by atoms with van der Waals surface area (Å²) in [7, 11) is 3.13. The molecule has 2 aliphatic rings. The number of pyridine rings is 1. The van der Waals surface area contributed by atoms with Crippen molar-refractivity contribution >= 4 is 34.9 Å². The minimum Gasteiger partial charge on any atom is -0.497 e. The molecule has 3 heterocycles. The number of amides is 2. The molecule has 2 saturated heterocycles. The van der Waals surface area contributed by atoms with E-state index in [0.717, 1.165) is 17.0 Å². The highest BCUT2D eigenvalue weighted by Gasteiger charge is 2.49. The molecule has 5 rings (SSSR count). The van der Waals surface area contributed by atoms with Crippen LogP contribution in [0, 0.1) is 17.6 Å². The second-order valence-corrected chi connectivity index (χ2v) is 12.1. The van der Waals surface area contributed by atoms with Gasteiger partial charge in [-0.1, -0.05) is 11.6 Å². The number of anilines is 2. The number of nitrogens with one attached hydrogen (secondary N) is 1. The molecule has 1 aromatic heterocycles. The zero-order valence-electron chi connectivity index (χ0n) is 25.5. The zero-order chi connectivity index (χ0) is 33.5. The lowest BCUT2D eigenvalue weighted by Gasteiger charge is -2.44. The van der Waals surface area contributed by atoms with Gasteiger partial charge in [-0.2, -0.15) is 13.2 Å². The molecule has 0 saturated carbocycles. The molecule has 2 amide bonds. The summed E-state index contributed by atoms with van der Waals surface area (Å²) >= 11 is 5.90. The third-order valence-corrected chi connectivity index (χ3v) is 9.10. The van der Waals surface area contributed by atoms with Gasteiger partial charge in [0, 0.05) is 78.7 Å². The van der Waals surface area contributed by atoms with Gasteiger partial charge in [0.1, 0.15) is 28.8 Å². The van der Waals surface area contributed by atoms with E-state index in [0.29, 0.717) is 18.1 Å². The van der Waals surface area contributed by atoms with E-state index >= 15 is 8.78 Å². The highest BCUT2D eigenvalue weighted by Crippen LogP contribution is 2.46. The van der Waals surface area contributed by atoms with E-state index in [1.165, 1.54) is 43.6 Å². The van der Waals surface area contributed by atoms with Gasteiger partial charge in [0.15, 0.2) is 0 Å². The van der Waals surface area contributed by atoms with Crippen LogP contribution in [0.5, 0.6) is 5.75 Å². The molecule has 0 spiro atoms. The first-order valence-electron chi connectivity index (χ1n) is 14.6. The minimum absolute atomic E-state index is 0.0612. The Hall–Kier alpha value is -3.97. The van der Waals surface area contributed by atoms with Gasteiger partial charge >= 0.3 is 6.18 Å². The molecule has 4 atom stereocenters. The monoisotopic (exact) mass is 665 g/mol. The maximum atomic E-state index is 15.4. The Morgan fingerprint density at radius 3 is 2.22 bits per heavy atom. The van der Waals surface area contributed by atoms with Crippen molar-refractivity contribution in [1.82, 2.24) is 15.2 Å². The summed E-state index contributed by atoms with van der Waals surface area (Å²) in [6, 6.07) is 8.89. The van der Waals surface area contributed by atoms with Crippen molar-refractivity contribution in [3.63, 3.8) is 0 Å². The van der Waals surface area contributed by atoms with E-state index < -0.39 is 71.5 Å². The number of alkyl halides is 3. The summed E-state index contributed by atoms with van der Waals surface area (Å²) in [6.07, 6.45) is -3.73. The first-order valence-corrected chi connectivity index (χ1v) is 15.0. The second-order valence-electron chi connectivity index (χ2n) is 11.7. The van der Waals surface area contributed by atoms with E-state index in [9.17, 15) is 22.8 Å². The fraction of sp³-hybridized carbons (Fsp3) is 0.406. The van der Waals surface area contributed by atoms with Crippen LogP contribution >= 0.6 is 11.6 Å². The second kappa shape index (κ2) is 13.0. The number of carbonyl (C=O) groups is 2. The van der Waals surface area contributed by atoms with E-state index in [4.69, 9.17) is 16.3 Å². The van der Waals surface area contributed by atoms with Crippen LogP contribution in [-0.4, -0.2) is 74.1 Å². The van der Waals surface area contributed by atoms with Gasteiger partial charge in [-0.05, 0) is 51.2 Å². The van der Waals surface area contributed by atoms with Gasteiger partial charge in [-0.25, -0.2) is 13.8 Å². The lowest BCUT2D eigenvalue weighted by atomic mass is 9.87. The summed E-state index contributed by atoms with van der Waals surface area (Å²) in [5.74, 6) is -6.94. The maximum absolute atomic E-state index is 15.4. The van der Waals surface area contributed by atoms with Crippen molar-refractivity contribution in [2.45, 2.75) is 38.0 Å². The molecule has 1 unspecified atom stereocenters. The minimum atomic E-state index is -4.93. The van der Waals surface area contributed by atoms with Crippen LogP contribution in [0.2, 0.25) is 5.02 Å². The van der Waals surface area contributed by atoms with Crippen molar-refractivity contribution in [1.29, 1.82) is 0 Å². The van der Waals surface area contributed by atoms with Crippen LogP contribution in [0.25, 0.3) is 0 Å². The number of methoxy groups -OCH3 is 1. The van der Waals surface area contributed by atoms with E-state index in [1.54, 1.807) is 4.90 Å². The van der Waals surface area contributed by atoms with Crippen LogP contribution in [0.3, 0.4) is 0 Å². The highest BCUT2D eigenvalue weighted by molar-refractivity contribution is 6.30. The number of nitrogens with zero attached hydrogens (tertiary/aromatic N) is 4. The number of hydrogen-bond acceptors (Lipinski definition) is 6. The third kappa shape index (κ3) is 6.48. The fourth-order valence-electron chi connectivity index (χ4n) is 6.22. The van der Waals surface area contributed by atoms with Gasteiger partial charge in [0.25, 0.3) is 5.91 Å². The average Bonchev–Trinajstić information content (AvgIpc) is 3.32. The molecule has 246 valence electrons. The number of likely N-dealkylation sites (N-methyl/N-ethyl adjacent to an activating group) is 1. The number of aromatic nitrogens is 1. The van der Waals surface area contributed by atoms with Gasteiger partial charge < -0.3 is 15.0 Å². The molecular formula is C32H33ClF5N5O3. The summed E-state index contributed by atoms with van der Waals surface area (Å²) < 4.78 is 80.5. The molecule has 2 fully saturated rings. The summed E-state index contributed by atoms with van der Waals surface area (Å²) in [6.45, 7) is 3.48. The lowest BCUT2D eigenvalue weighted by Crippen LogP contribution is -2.55. The number of rotatable bonds is 7. The standard InChI is InChI=1S/C32H33ClF5N5O3/c1-17-14-42(15-18(2)41(17)3)26-9-10-39-29(28(26)32(36,37)38)43-16-23(27-24(34)11-21(46-4)12-25(27)35)22(31(43)45)13-40-30(44)19-5-7-20(33)8-6-19/h5-12,17-18,22-23H,13-16H2,1-4H3,(H,40,44)/t17-,18+,22?,23-/m1/s1. The van der Waals surface area contributed by atoms with Gasteiger partial charge in [-0.3, -0.25) is 19.4 Å². The molecule has 46 heavy (non-hydrogen) atoms. The Morgan fingerprint density at radius 1 is 1.04 bits per heavy atom. The van der Waals surface area contributed by atoms with Crippen LogP contribution in [0.4, 0.5) is 33.5 Å². The predicted octanol–water partition coefficient (Wildman–Crippen LogP) is 5.75. The third-order valence-electron chi connectivity index (χ3n) is 8.84. The molecule has 0 radical (unpaired) electrons. The Labute approximate surface area is 268 Å². The van der Waals surface area contributed by atoms with Crippen LogP contribution in [0.1, 0.15) is 41.3 Å². The SMILES string of the molecule is COc1cc(F)c([C@@H]2CN(c3nccc(N4C[C@@H](C)N(C)[C@@H](C)C4)c3C(F)(F)F)C(=O)C2CNC(=O)c2ccc(Cl)cc2)c(F)c1.